The van der Waals surface area contributed by atoms with E-state index in [0.29, 0.717) is 5.82 Å². The summed E-state index contributed by atoms with van der Waals surface area (Å²) in [5, 5.41) is 0. The molecule has 0 bridgehead atoms. The second kappa shape index (κ2) is 4.86. The first kappa shape index (κ1) is 12.8. The molecule has 0 radical (unpaired) electrons. The van der Waals surface area contributed by atoms with Gasteiger partial charge in [-0.1, -0.05) is 18.2 Å². The molecule has 0 aliphatic carbocycles. The van der Waals surface area contributed by atoms with Crippen molar-refractivity contribution in [2.75, 3.05) is 0 Å². The maximum atomic E-state index is 10.6. The molecule has 0 saturated carbocycles. The van der Waals surface area contributed by atoms with E-state index in [4.69, 9.17) is 0 Å². The lowest BCUT2D eigenvalue weighted by Crippen LogP contribution is -2.17. The fourth-order valence-electron chi connectivity index (χ4n) is 0.433. The number of phosphoric acid groups is 1. The van der Waals surface area contributed by atoms with Gasteiger partial charge in [0.2, 0.25) is 0 Å². The van der Waals surface area contributed by atoms with Gasteiger partial charge in [0.1, 0.15) is 0 Å². The van der Waals surface area contributed by atoms with Crippen LogP contribution in [0.4, 0.5) is 0 Å². The van der Waals surface area contributed by atoms with Gasteiger partial charge in [-0.15, -0.1) is 0 Å². The van der Waals surface area contributed by atoms with Crippen molar-refractivity contribution < 1.29 is 28.1 Å². The molecule has 13 heavy (non-hydrogen) atoms. The molecule has 0 saturated heterocycles. The topological polar surface area (TPSA) is 113 Å². The third-order valence-electron chi connectivity index (χ3n) is 0.786. The van der Waals surface area contributed by atoms with Crippen molar-refractivity contribution in [3.63, 3.8) is 0 Å². The quantitative estimate of drug-likeness (QED) is 0.469. The van der Waals surface area contributed by atoms with Crippen molar-refractivity contribution in [2.24, 2.45) is 0 Å². The molecule has 0 amide bonds. The Morgan fingerprint density at radius 2 is 1.69 bits per heavy atom. The highest BCUT2D eigenvalue weighted by molar-refractivity contribution is 7.63. The first-order chi connectivity index (χ1) is 5.77. The van der Waals surface area contributed by atoms with Crippen LogP contribution >= 0.6 is 15.4 Å². The highest BCUT2D eigenvalue weighted by atomic mass is 31.3. The third kappa shape index (κ3) is 8.12. The van der Waals surface area contributed by atoms with Crippen molar-refractivity contribution in [1.82, 2.24) is 0 Å². The van der Waals surface area contributed by atoms with Crippen LogP contribution in [-0.2, 0) is 13.4 Å². The zero-order valence-corrected chi connectivity index (χ0v) is 8.44. The van der Waals surface area contributed by atoms with E-state index in [1.165, 1.54) is 12.2 Å². The lowest BCUT2D eigenvalue weighted by atomic mass is 10.5. The molecule has 0 aromatic heterocycles. The van der Waals surface area contributed by atoms with Crippen LogP contribution in [0.25, 0.3) is 0 Å². The van der Waals surface area contributed by atoms with E-state index in [1.807, 2.05) is 0 Å². The molecule has 6 nitrogen and oxygen atoms in total. The van der Waals surface area contributed by atoms with Crippen molar-refractivity contribution >= 4 is 15.4 Å². The van der Waals surface area contributed by atoms with E-state index in [0.717, 1.165) is 6.08 Å². The fourth-order valence-corrected chi connectivity index (χ4v) is 2.08. The molecule has 0 aromatic carbocycles. The van der Waals surface area contributed by atoms with Crippen LogP contribution in [0.1, 0.15) is 6.92 Å². The molecule has 0 aliphatic heterocycles. The van der Waals surface area contributed by atoms with E-state index in [-0.39, 0.29) is 0 Å². The minimum atomic E-state index is -5.49. The summed E-state index contributed by atoms with van der Waals surface area (Å²) in [5.74, 6) is 0.495. The number of rotatable bonds is 4. The summed E-state index contributed by atoms with van der Waals surface area (Å²) < 4.78 is 23.8. The van der Waals surface area contributed by atoms with Crippen LogP contribution in [0.2, 0.25) is 0 Å². The summed E-state index contributed by atoms with van der Waals surface area (Å²) in [4.78, 5) is 30.4. The van der Waals surface area contributed by atoms with Crippen LogP contribution < -0.4 is 14.7 Å². The SMILES string of the molecule is C/C=C/C=C/P(=O)([O-])OP(=O)([O-])[O-]. The Labute approximate surface area is 75.3 Å². The Kier molecular flexibility index (Phi) is 4.78. The Bertz CT molecular complexity index is 300. The van der Waals surface area contributed by atoms with Crippen molar-refractivity contribution in [3.8, 4) is 0 Å². The van der Waals surface area contributed by atoms with Gasteiger partial charge in [-0.25, -0.2) is 0 Å². The highest BCUT2D eigenvalue weighted by Gasteiger charge is 2.04. The summed E-state index contributed by atoms with van der Waals surface area (Å²) in [6.45, 7) is 1.63. The number of allylic oxidation sites excluding steroid dienone is 3. The van der Waals surface area contributed by atoms with Gasteiger partial charge >= 0.3 is 0 Å². The predicted octanol–water partition coefficient (Wildman–Crippen LogP) is -0.525. The molecule has 8 heteroatoms. The van der Waals surface area contributed by atoms with Crippen molar-refractivity contribution in [2.45, 2.75) is 6.92 Å². The van der Waals surface area contributed by atoms with Crippen molar-refractivity contribution in [3.05, 3.63) is 24.0 Å². The minimum Gasteiger partial charge on any atom is -0.790 e. The second-order valence-corrected chi connectivity index (χ2v) is 4.86. The smallest absolute Gasteiger partial charge is 0.161 e. The van der Waals surface area contributed by atoms with Crippen molar-refractivity contribution in [1.29, 1.82) is 0 Å². The molecule has 1 atom stereocenters. The maximum absolute atomic E-state index is 10.6. The normalized spacial score (nSPS) is 18.2. The third-order valence-corrected chi connectivity index (χ3v) is 3.03. The lowest BCUT2D eigenvalue weighted by molar-refractivity contribution is -0.337. The average Bonchev–Trinajstić information content (AvgIpc) is 1.81. The predicted molar refractivity (Wildman–Crippen MR) is 40.3 cm³/mol. The number of hydrogen-bond acceptors (Lipinski definition) is 6. The first-order valence-corrected chi connectivity index (χ1v) is 6.19. The van der Waals surface area contributed by atoms with Gasteiger partial charge in [-0.2, -0.15) is 0 Å². The minimum absolute atomic E-state index is 0.495. The molecular weight excluding hydrogens is 218 g/mol. The summed E-state index contributed by atoms with van der Waals surface area (Å²) in [6.07, 6.45) is 3.91. The van der Waals surface area contributed by atoms with E-state index < -0.39 is 15.4 Å². The molecule has 76 valence electrons. The van der Waals surface area contributed by atoms with Gasteiger partial charge in [0, 0.05) is 0 Å². The summed E-state index contributed by atoms with van der Waals surface area (Å²) in [7, 11) is -10.2. The molecule has 0 rings (SSSR count). The van der Waals surface area contributed by atoms with Gasteiger partial charge in [0.25, 0.3) is 0 Å². The molecule has 0 heterocycles. The molecule has 0 spiro atoms. The molecular formula is C5H7O6P2-3. The highest BCUT2D eigenvalue weighted by Crippen LogP contribution is 2.50. The maximum Gasteiger partial charge on any atom is 0.161 e. The van der Waals surface area contributed by atoms with Gasteiger partial charge < -0.3 is 28.1 Å². The monoisotopic (exact) mass is 225 g/mol. The van der Waals surface area contributed by atoms with E-state index >= 15 is 0 Å². The second-order valence-electron chi connectivity index (χ2n) is 1.94. The van der Waals surface area contributed by atoms with E-state index in [2.05, 4.69) is 4.31 Å². The number of hydrogen-bond donors (Lipinski definition) is 0. The Hall–Kier alpha value is -0.220. The van der Waals surface area contributed by atoms with Crippen LogP contribution in [-0.4, -0.2) is 0 Å². The zero-order valence-electron chi connectivity index (χ0n) is 6.65. The fraction of sp³-hybridized carbons (Fsp3) is 0.200. The average molecular weight is 225 g/mol. The molecule has 0 N–H and O–H groups in total. The lowest BCUT2D eigenvalue weighted by Gasteiger charge is -2.34. The first-order valence-electron chi connectivity index (χ1n) is 3.11. The van der Waals surface area contributed by atoms with Crippen LogP contribution in [0.15, 0.2) is 24.0 Å². The van der Waals surface area contributed by atoms with Gasteiger partial charge in [-0.3, -0.25) is 0 Å². The molecule has 0 aliphatic rings. The molecule has 0 aromatic rings. The van der Waals surface area contributed by atoms with Gasteiger partial charge in [0.05, 0.1) is 7.82 Å². The van der Waals surface area contributed by atoms with Crippen LogP contribution in [0, 0.1) is 0 Å². The van der Waals surface area contributed by atoms with Gasteiger partial charge in [0.15, 0.2) is 7.60 Å². The Balaban J connectivity index is 4.43. The Morgan fingerprint density at radius 3 is 2.08 bits per heavy atom. The zero-order chi connectivity index (χ0) is 10.5. The standard InChI is InChI=1S/C5H10O6P2/c1-2-3-4-5-12(6,7)11-13(8,9)10/h2-5H,1H3,(H,6,7)(H2,8,9,10)/p-3/b3-2+,5-4+. The Morgan fingerprint density at radius 1 is 1.15 bits per heavy atom. The van der Waals surface area contributed by atoms with E-state index in [1.54, 1.807) is 6.92 Å². The molecule has 1 unspecified atom stereocenters. The summed E-state index contributed by atoms with van der Waals surface area (Å²) in [5.41, 5.74) is 0. The summed E-state index contributed by atoms with van der Waals surface area (Å²) >= 11 is 0. The largest absolute Gasteiger partial charge is 0.790 e. The molecule has 0 fully saturated rings. The van der Waals surface area contributed by atoms with Gasteiger partial charge in [-0.05, 0) is 12.7 Å². The summed E-state index contributed by atoms with van der Waals surface area (Å²) in [6, 6.07) is 0. The van der Waals surface area contributed by atoms with Crippen LogP contribution in [0.5, 0.6) is 0 Å². The van der Waals surface area contributed by atoms with E-state index in [9.17, 15) is 23.8 Å². The van der Waals surface area contributed by atoms with Crippen LogP contribution in [0.3, 0.4) is 0 Å².